The molecule has 0 saturated carbocycles. The van der Waals surface area contributed by atoms with Crippen molar-refractivity contribution in [3.63, 3.8) is 0 Å². The lowest BCUT2D eigenvalue weighted by Crippen LogP contribution is -2.40. The van der Waals surface area contributed by atoms with Crippen LogP contribution in [0, 0.1) is 5.92 Å². The van der Waals surface area contributed by atoms with E-state index in [2.05, 4.69) is 0 Å². The van der Waals surface area contributed by atoms with Gasteiger partial charge in [0.1, 0.15) is 0 Å². The van der Waals surface area contributed by atoms with Gasteiger partial charge in [-0.15, -0.1) is 11.6 Å². The molecule has 0 bridgehead atoms. The van der Waals surface area contributed by atoms with Gasteiger partial charge in [0.15, 0.2) is 0 Å². The summed E-state index contributed by atoms with van der Waals surface area (Å²) in [5.74, 6) is 0.331. The van der Waals surface area contributed by atoms with Crippen LogP contribution in [0.2, 0.25) is 0 Å². The number of carbonyl (C=O) groups excluding carboxylic acids is 1. The first-order valence-electron chi connectivity index (χ1n) is 6.44. The van der Waals surface area contributed by atoms with Crippen molar-refractivity contribution < 1.29 is 18.0 Å². The second kappa shape index (κ2) is 6.04. The van der Waals surface area contributed by atoms with E-state index in [9.17, 15) is 18.0 Å². The Labute approximate surface area is 120 Å². The Morgan fingerprint density at radius 2 is 2.15 bits per heavy atom. The monoisotopic (exact) mass is 305 g/mol. The molecule has 110 valence electrons. The summed E-state index contributed by atoms with van der Waals surface area (Å²) in [4.78, 5) is 13.8. The Balaban J connectivity index is 2.17. The molecule has 1 aliphatic rings. The van der Waals surface area contributed by atoms with Gasteiger partial charge in [-0.3, -0.25) is 4.79 Å². The van der Waals surface area contributed by atoms with Crippen molar-refractivity contribution in [1.29, 1.82) is 0 Å². The predicted octanol–water partition coefficient (Wildman–Crippen LogP) is 3.80. The Kier molecular flexibility index (Phi) is 4.58. The second-order valence-corrected chi connectivity index (χ2v) is 5.30. The van der Waals surface area contributed by atoms with Gasteiger partial charge in [-0.25, -0.2) is 0 Å². The van der Waals surface area contributed by atoms with E-state index in [4.69, 9.17) is 11.6 Å². The molecule has 1 unspecified atom stereocenters. The number of rotatable bonds is 2. The topological polar surface area (TPSA) is 20.3 Å². The molecule has 6 heteroatoms. The van der Waals surface area contributed by atoms with Crippen molar-refractivity contribution in [1.82, 2.24) is 4.90 Å². The van der Waals surface area contributed by atoms with E-state index in [1.54, 1.807) is 4.90 Å². The van der Waals surface area contributed by atoms with Crippen LogP contribution in [0.25, 0.3) is 0 Å². The van der Waals surface area contributed by atoms with Gasteiger partial charge in [-0.1, -0.05) is 6.07 Å². The van der Waals surface area contributed by atoms with Gasteiger partial charge < -0.3 is 4.90 Å². The first-order chi connectivity index (χ1) is 9.41. The van der Waals surface area contributed by atoms with Crippen LogP contribution < -0.4 is 0 Å². The number of nitrogens with zero attached hydrogens (tertiary/aromatic N) is 1. The van der Waals surface area contributed by atoms with Gasteiger partial charge in [0.2, 0.25) is 0 Å². The van der Waals surface area contributed by atoms with Crippen LogP contribution in [0.1, 0.15) is 28.8 Å². The molecular weight excluding hydrogens is 291 g/mol. The normalized spacial score (nSPS) is 20.0. The van der Waals surface area contributed by atoms with Gasteiger partial charge in [-0.2, -0.15) is 13.2 Å². The molecule has 1 aliphatic heterocycles. The van der Waals surface area contributed by atoms with E-state index in [-0.39, 0.29) is 17.4 Å². The average molecular weight is 306 g/mol. The summed E-state index contributed by atoms with van der Waals surface area (Å²) in [7, 11) is 0. The molecule has 2 rings (SSSR count). The zero-order chi connectivity index (χ0) is 14.8. The van der Waals surface area contributed by atoms with Gasteiger partial charge in [0.05, 0.1) is 5.56 Å². The highest BCUT2D eigenvalue weighted by molar-refractivity contribution is 6.18. The van der Waals surface area contributed by atoms with Crippen molar-refractivity contribution in [2.24, 2.45) is 5.92 Å². The molecule has 20 heavy (non-hydrogen) atoms. The van der Waals surface area contributed by atoms with Crippen LogP contribution in [0.4, 0.5) is 13.2 Å². The highest BCUT2D eigenvalue weighted by atomic mass is 35.5. The summed E-state index contributed by atoms with van der Waals surface area (Å²) in [6, 6.07) is 4.56. The molecule has 1 amide bonds. The number of piperidine rings is 1. The van der Waals surface area contributed by atoms with E-state index in [1.807, 2.05) is 0 Å². The standard InChI is InChI=1S/C14H15ClF3NO/c15-8-10-3-2-6-19(9-10)13(20)11-4-1-5-12(7-11)14(16,17)18/h1,4-5,7,10H,2-3,6,8-9H2. The molecule has 1 saturated heterocycles. The van der Waals surface area contributed by atoms with E-state index >= 15 is 0 Å². The molecule has 1 fully saturated rings. The lowest BCUT2D eigenvalue weighted by atomic mass is 9.99. The maximum atomic E-state index is 12.6. The first kappa shape index (κ1) is 15.2. The van der Waals surface area contributed by atoms with E-state index < -0.39 is 11.7 Å². The maximum absolute atomic E-state index is 12.6. The smallest absolute Gasteiger partial charge is 0.338 e. The third-order valence-corrected chi connectivity index (χ3v) is 3.90. The molecule has 1 atom stereocenters. The minimum atomic E-state index is -4.43. The number of carbonyl (C=O) groups is 1. The van der Waals surface area contributed by atoms with E-state index in [0.29, 0.717) is 19.0 Å². The quantitative estimate of drug-likeness (QED) is 0.761. The number of benzene rings is 1. The molecule has 1 heterocycles. The predicted molar refractivity (Wildman–Crippen MR) is 70.8 cm³/mol. The third-order valence-electron chi connectivity index (χ3n) is 3.46. The van der Waals surface area contributed by atoms with Crippen LogP contribution in [-0.4, -0.2) is 29.8 Å². The number of hydrogen-bond donors (Lipinski definition) is 0. The van der Waals surface area contributed by atoms with Crippen LogP contribution in [-0.2, 0) is 6.18 Å². The SMILES string of the molecule is O=C(c1cccc(C(F)(F)F)c1)N1CCCC(CCl)C1. The van der Waals surface area contributed by atoms with Gasteiger partial charge in [-0.05, 0) is 37.0 Å². The van der Waals surface area contributed by atoms with E-state index in [0.717, 1.165) is 25.0 Å². The lowest BCUT2D eigenvalue weighted by Gasteiger charge is -2.32. The van der Waals surface area contributed by atoms with Gasteiger partial charge >= 0.3 is 6.18 Å². The molecule has 0 aromatic heterocycles. The fourth-order valence-electron chi connectivity index (χ4n) is 2.39. The number of hydrogen-bond acceptors (Lipinski definition) is 1. The fourth-order valence-corrected chi connectivity index (χ4v) is 2.64. The Bertz CT molecular complexity index is 490. The number of alkyl halides is 4. The van der Waals surface area contributed by atoms with Crippen LogP contribution >= 0.6 is 11.6 Å². The summed E-state index contributed by atoms with van der Waals surface area (Å²) < 4.78 is 37.9. The fraction of sp³-hybridized carbons (Fsp3) is 0.500. The molecule has 1 aromatic carbocycles. The van der Waals surface area contributed by atoms with Crippen molar-refractivity contribution >= 4 is 17.5 Å². The zero-order valence-corrected chi connectivity index (χ0v) is 11.5. The van der Waals surface area contributed by atoms with E-state index in [1.165, 1.54) is 12.1 Å². The number of amides is 1. The molecule has 0 N–H and O–H groups in total. The molecule has 0 spiro atoms. The number of likely N-dealkylation sites (tertiary alicyclic amines) is 1. The van der Waals surface area contributed by atoms with Crippen molar-refractivity contribution in [2.75, 3.05) is 19.0 Å². The van der Waals surface area contributed by atoms with Crippen LogP contribution in [0.15, 0.2) is 24.3 Å². The first-order valence-corrected chi connectivity index (χ1v) is 6.98. The second-order valence-electron chi connectivity index (χ2n) is 4.99. The Hall–Kier alpha value is -1.23. The average Bonchev–Trinajstić information content (AvgIpc) is 2.46. The molecule has 0 aliphatic carbocycles. The summed E-state index contributed by atoms with van der Waals surface area (Å²) in [6.07, 6.45) is -2.64. The largest absolute Gasteiger partial charge is 0.416 e. The van der Waals surface area contributed by atoms with Crippen molar-refractivity contribution in [2.45, 2.75) is 19.0 Å². The van der Waals surface area contributed by atoms with Crippen LogP contribution in [0.5, 0.6) is 0 Å². The summed E-state index contributed by atoms with van der Waals surface area (Å²) in [6.45, 7) is 1.08. The highest BCUT2D eigenvalue weighted by Crippen LogP contribution is 2.30. The molecule has 2 nitrogen and oxygen atoms in total. The maximum Gasteiger partial charge on any atom is 0.416 e. The molecular formula is C14H15ClF3NO. The van der Waals surface area contributed by atoms with Gasteiger partial charge in [0, 0.05) is 24.5 Å². The van der Waals surface area contributed by atoms with Crippen LogP contribution in [0.3, 0.4) is 0 Å². The summed E-state index contributed by atoms with van der Waals surface area (Å²) in [5.41, 5.74) is -0.718. The zero-order valence-electron chi connectivity index (χ0n) is 10.8. The molecule has 0 radical (unpaired) electrons. The Morgan fingerprint density at radius 1 is 1.40 bits per heavy atom. The van der Waals surface area contributed by atoms with Crippen molar-refractivity contribution in [3.8, 4) is 0 Å². The third kappa shape index (κ3) is 3.45. The van der Waals surface area contributed by atoms with Gasteiger partial charge in [0.25, 0.3) is 5.91 Å². The minimum Gasteiger partial charge on any atom is -0.338 e. The molecule has 1 aromatic rings. The minimum absolute atomic E-state index is 0.0787. The number of halogens is 4. The summed E-state index contributed by atoms with van der Waals surface area (Å²) >= 11 is 5.79. The lowest BCUT2D eigenvalue weighted by molar-refractivity contribution is -0.137. The summed E-state index contributed by atoms with van der Waals surface area (Å²) in [5, 5.41) is 0. The highest BCUT2D eigenvalue weighted by Gasteiger charge is 2.31. The van der Waals surface area contributed by atoms with Crippen molar-refractivity contribution in [3.05, 3.63) is 35.4 Å². The Morgan fingerprint density at radius 3 is 2.80 bits per heavy atom.